The Kier molecular flexibility index (Phi) is 5.31. The molecule has 1 heterocycles. The van der Waals surface area contributed by atoms with E-state index in [4.69, 9.17) is 0 Å². The fraction of sp³-hybridized carbons (Fsp3) is 0.533. The van der Waals surface area contributed by atoms with E-state index >= 15 is 0 Å². The molecule has 0 spiro atoms. The molecule has 1 aliphatic heterocycles. The molecule has 1 aliphatic rings. The molecular formula is C15H21FN2O3S. The first-order valence-corrected chi connectivity index (χ1v) is 8.77. The molecule has 0 bridgehead atoms. The number of nitrogens with zero attached hydrogens (tertiary/aromatic N) is 2. The van der Waals surface area contributed by atoms with E-state index in [0.717, 1.165) is 6.42 Å². The Morgan fingerprint density at radius 1 is 1.36 bits per heavy atom. The maximum atomic E-state index is 12.9. The molecule has 1 aromatic rings. The zero-order valence-corrected chi connectivity index (χ0v) is 13.6. The van der Waals surface area contributed by atoms with Crippen LogP contribution < -0.4 is 0 Å². The van der Waals surface area contributed by atoms with Gasteiger partial charge in [-0.05, 0) is 37.1 Å². The summed E-state index contributed by atoms with van der Waals surface area (Å²) in [5.41, 5.74) is 0.412. The van der Waals surface area contributed by atoms with Gasteiger partial charge in [-0.25, -0.2) is 4.39 Å². The Balaban J connectivity index is 2.11. The lowest BCUT2D eigenvalue weighted by atomic mass is 10.0. The highest BCUT2D eigenvalue weighted by molar-refractivity contribution is 7.86. The first-order valence-electron chi connectivity index (χ1n) is 7.38. The quantitative estimate of drug-likeness (QED) is 0.751. The van der Waals surface area contributed by atoms with Crippen LogP contribution >= 0.6 is 0 Å². The van der Waals surface area contributed by atoms with Gasteiger partial charge in [-0.3, -0.25) is 4.79 Å². The molecule has 1 saturated heterocycles. The minimum atomic E-state index is -3.52. The van der Waals surface area contributed by atoms with Crippen LogP contribution in [-0.4, -0.2) is 49.0 Å². The van der Waals surface area contributed by atoms with Crippen molar-refractivity contribution < 1.29 is 17.6 Å². The van der Waals surface area contributed by atoms with Crippen molar-refractivity contribution in [1.82, 2.24) is 8.61 Å². The van der Waals surface area contributed by atoms with E-state index in [1.807, 2.05) is 0 Å². The maximum absolute atomic E-state index is 12.9. The first kappa shape index (κ1) is 17.1. The van der Waals surface area contributed by atoms with E-state index in [0.29, 0.717) is 25.1 Å². The van der Waals surface area contributed by atoms with Gasteiger partial charge in [-0.2, -0.15) is 17.0 Å². The number of benzene rings is 1. The number of ketones is 1. The van der Waals surface area contributed by atoms with Gasteiger partial charge < -0.3 is 0 Å². The topological polar surface area (TPSA) is 57.7 Å². The molecule has 0 saturated carbocycles. The van der Waals surface area contributed by atoms with Gasteiger partial charge in [-0.1, -0.05) is 6.92 Å². The highest BCUT2D eigenvalue weighted by Gasteiger charge is 2.37. The molecule has 122 valence electrons. The minimum absolute atomic E-state index is 0.127. The number of carbonyl (C=O) groups is 1. The fourth-order valence-corrected chi connectivity index (χ4v) is 4.23. The zero-order valence-electron chi connectivity index (χ0n) is 12.8. The van der Waals surface area contributed by atoms with Crippen LogP contribution in [0.15, 0.2) is 24.3 Å². The molecule has 5 nitrogen and oxygen atoms in total. The Labute approximate surface area is 130 Å². The molecule has 0 N–H and O–H groups in total. The molecule has 0 aromatic heterocycles. The Morgan fingerprint density at radius 3 is 2.59 bits per heavy atom. The van der Waals surface area contributed by atoms with Crippen molar-refractivity contribution in [2.45, 2.75) is 32.2 Å². The van der Waals surface area contributed by atoms with Crippen molar-refractivity contribution in [3.8, 4) is 0 Å². The van der Waals surface area contributed by atoms with E-state index < -0.39 is 16.0 Å². The van der Waals surface area contributed by atoms with Crippen molar-refractivity contribution in [1.29, 1.82) is 0 Å². The Morgan fingerprint density at radius 2 is 2.00 bits per heavy atom. The summed E-state index contributed by atoms with van der Waals surface area (Å²) in [4.78, 5) is 12.3. The van der Waals surface area contributed by atoms with E-state index in [1.54, 1.807) is 6.92 Å². The van der Waals surface area contributed by atoms with Gasteiger partial charge in [0.2, 0.25) is 0 Å². The molecule has 0 unspecified atom stereocenters. The van der Waals surface area contributed by atoms with Crippen LogP contribution in [0.25, 0.3) is 0 Å². The maximum Gasteiger partial charge on any atom is 0.281 e. The molecule has 0 amide bonds. The summed E-state index contributed by atoms with van der Waals surface area (Å²) in [7, 11) is -1.98. The highest BCUT2D eigenvalue weighted by Crippen LogP contribution is 2.26. The number of carbonyl (C=O) groups excluding carboxylic acids is 1. The van der Waals surface area contributed by atoms with E-state index in [9.17, 15) is 17.6 Å². The molecule has 1 aromatic carbocycles. The van der Waals surface area contributed by atoms with E-state index in [1.165, 1.54) is 39.9 Å². The number of halogens is 1. The van der Waals surface area contributed by atoms with Gasteiger partial charge in [0.15, 0.2) is 5.78 Å². The van der Waals surface area contributed by atoms with Crippen molar-refractivity contribution in [3.63, 3.8) is 0 Å². The summed E-state index contributed by atoms with van der Waals surface area (Å²) in [6.07, 6.45) is 1.55. The SMILES string of the molecule is CCN(C)S(=O)(=O)N1CCC[C@@H]1CC(=O)c1ccc(F)cc1. The van der Waals surface area contributed by atoms with Crippen LogP contribution in [0.3, 0.4) is 0 Å². The first-order chi connectivity index (χ1) is 10.4. The lowest BCUT2D eigenvalue weighted by Crippen LogP contribution is -2.44. The van der Waals surface area contributed by atoms with Crippen molar-refractivity contribution in [2.24, 2.45) is 0 Å². The third-order valence-electron chi connectivity index (χ3n) is 4.05. The molecular weight excluding hydrogens is 307 g/mol. The molecule has 0 aliphatic carbocycles. The summed E-state index contributed by atoms with van der Waals surface area (Å²) >= 11 is 0. The molecule has 7 heteroatoms. The van der Waals surface area contributed by atoms with Gasteiger partial charge >= 0.3 is 0 Å². The number of hydrogen-bond donors (Lipinski definition) is 0. The molecule has 2 rings (SSSR count). The number of hydrogen-bond acceptors (Lipinski definition) is 3. The Bertz CT molecular complexity index is 631. The van der Waals surface area contributed by atoms with Crippen LogP contribution in [-0.2, 0) is 10.2 Å². The summed E-state index contributed by atoms with van der Waals surface area (Å²) in [6, 6.07) is 5.02. The molecule has 0 radical (unpaired) electrons. The van der Waals surface area contributed by atoms with Crippen LogP contribution in [0, 0.1) is 5.82 Å². The van der Waals surface area contributed by atoms with Crippen LogP contribution in [0.2, 0.25) is 0 Å². The average molecular weight is 328 g/mol. The largest absolute Gasteiger partial charge is 0.294 e. The van der Waals surface area contributed by atoms with E-state index in [2.05, 4.69) is 0 Å². The minimum Gasteiger partial charge on any atom is -0.294 e. The standard InChI is InChI=1S/C15H21FN2O3S/c1-3-17(2)22(20,21)18-10-4-5-14(18)11-15(19)12-6-8-13(16)9-7-12/h6-9,14H,3-5,10-11H2,1-2H3/t14-/m1/s1. The Hall–Kier alpha value is -1.31. The predicted molar refractivity (Wildman–Crippen MR) is 82.3 cm³/mol. The lowest BCUT2D eigenvalue weighted by Gasteiger charge is -2.27. The van der Waals surface area contributed by atoms with E-state index in [-0.39, 0.29) is 18.2 Å². The van der Waals surface area contributed by atoms with Crippen LogP contribution in [0.5, 0.6) is 0 Å². The molecule has 1 fully saturated rings. The second kappa shape index (κ2) is 6.85. The van der Waals surface area contributed by atoms with Crippen LogP contribution in [0.4, 0.5) is 4.39 Å². The normalized spacial score (nSPS) is 19.7. The summed E-state index contributed by atoms with van der Waals surface area (Å²) in [5, 5.41) is 0. The second-order valence-electron chi connectivity index (χ2n) is 5.46. The predicted octanol–water partition coefficient (Wildman–Crippen LogP) is 2.06. The zero-order chi connectivity index (χ0) is 16.3. The van der Waals surface area contributed by atoms with Gasteiger partial charge in [-0.15, -0.1) is 0 Å². The smallest absolute Gasteiger partial charge is 0.281 e. The third kappa shape index (κ3) is 3.53. The van der Waals surface area contributed by atoms with Crippen LogP contribution in [0.1, 0.15) is 36.5 Å². The average Bonchev–Trinajstić information content (AvgIpc) is 2.95. The fourth-order valence-electron chi connectivity index (χ4n) is 2.63. The van der Waals surface area contributed by atoms with Gasteiger partial charge in [0.05, 0.1) is 0 Å². The summed E-state index contributed by atoms with van der Waals surface area (Å²) in [5.74, 6) is -0.558. The monoisotopic (exact) mass is 328 g/mol. The van der Waals surface area contributed by atoms with Crippen molar-refractivity contribution >= 4 is 16.0 Å². The summed E-state index contributed by atoms with van der Waals surface area (Å²) in [6.45, 7) is 2.60. The third-order valence-corrected chi connectivity index (χ3v) is 6.17. The number of rotatable bonds is 6. The highest BCUT2D eigenvalue weighted by atomic mass is 32.2. The number of Topliss-reactive ketones (excluding diaryl/α,β-unsaturated/α-hetero) is 1. The molecule has 1 atom stereocenters. The lowest BCUT2D eigenvalue weighted by molar-refractivity contribution is 0.0960. The van der Waals surface area contributed by atoms with Crippen molar-refractivity contribution in [3.05, 3.63) is 35.6 Å². The van der Waals surface area contributed by atoms with Crippen molar-refractivity contribution in [2.75, 3.05) is 20.1 Å². The second-order valence-corrected chi connectivity index (χ2v) is 7.45. The molecule has 22 heavy (non-hydrogen) atoms. The van der Waals surface area contributed by atoms with Gasteiger partial charge in [0.25, 0.3) is 10.2 Å². The van der Waals surface area contributed by atoms with Gasteiger partial charge in [0, 0.05) is 38.2 Å². The van der Waals surface area contributed by atoms with Gasteiger partial charge in [0.1, 0.15) is 5.82 Å². The summed E-state index contributed by atoms with van der Waals surface area (Å²) < 4.78 is 40.5.